The molecule has 58 heavy (non-hydrogen) atoms. The van der Waals surface area contributed by atoms with E-state index in [1.807, 2.05) is 17.4 Å². The molecule has 4 heteroatoms. The highest BCUT2D eigenvalue weighted by Crippen LogP contribution is 2.45. The summed E-state index contributed by atoms with van der Waals surface area (Å²) in [6, 6.07) is 74.5. The Morgan fingerprint density at radius 3 is 1.90 bits per heavy atom. The maximum absolute atomic E-state index is 6.72. The Kier molecular flexibility index (Phi) is 7.40. The van der Waals surface area contributed by atoms with Crippen LogP contribution in [0.5, 0.6) is 0 Å². The monoisotopic (exact) mass is 758 g/mol. The molecule has 12 rings (SSSR count). The van der Waals surface area contributed by atoms with Crippen molar-refractivity contribution in [1.29, 1.82) is 0 Å². The summed E-state index contributed by atoms with van der Waals surface area (Å²) >= 11 is 1.86. The van der Waals surface area contributed by atoms with E-state index in [0.717, 1.165) is 61.3 Å². The van der Waals surface area contributed by atoms with Gasteiger partial charge in [-0.05, 0) is 101 Å². The molecule has 0 saturated heterocycles. The summed E-state index contributed by atoms with van der Waals surface area (Å²) in [7, 11) is 0. The number of rotatable bonds is 6. The van der Waals surface area contributed by atoms with Crippen molar-refractivity contribution < 1.29 is 4.42 Å². The predicted molar refractivity (Wildman–Crippen MR) is 247 cm³/mol. The van der Waals surface area contributed by atoms with Crippen molar-refractivity contribution >= 4 is 92.3 Å². The molecule has 0 aliphatic heterocycles. The van der Waals surface area contributed by atoms with Crippen LogP contribution in [0.2, 0.25) is 0 Å². The second-order valence-electron chi connectivity index (χ2n) is 14.9. The van der Waals surface area contributed by atoms with Gasteiger partial charge in [0, 0.05) is 58.8 Å². The summed E-state index contributed by atoms with van der Waals surface area (Å²) < 4.78 is 11.7. The minimum Gasteiger partial charge on any atom is -0.454 e. The van der Waals surface area contributed by atoms with Crippen LogP contribution in [-0.2, 0) is 0 Å². The first-order valence-electron chi connectivity index (χ1n) is 19.7. The van der Waals surface area contributed by atoms with E-state index in [-0.39, 0.29) is 0 Å². The minimum absolute atomic E-state index is 0.858. The van der Waals surface area contributed by atoms with E-state index >= 15 is 0 Å². The third-order valence-corrected chi connectivity index (χ3v) is 12.7. The van der Waals surface area contributed by atoms with Gasteiger partial charge in [0.15, 0.2) is 5.58 Å². The lowest BCUT2D eigenvalue weighted by Crippen LogP contribution is -2.10. The van der Waals surface area contributed by atoms with E-state index in [2.05, 4.69) is 210 Å². The number of thiophene rings is 1. The van der Waals surface area contributed by atoms with Crippen molar-refractivity contribution in [2.75, 3.05) is 4.90 Å². The number of anilines is 3. The van der Waals surface area contributed by atoms with Crippen LogP contribution in [0.15, 0.2) is 211 Å². The first kappa shape index (κ1) is 32.8. The Morgan fingerprint density at radius 1 is 0.379 bits per heavy atom. The van der Waals surface area contributed by atoms with Crippen LogP contribution < -0.4 is 4.90 Å². The summed E-state index contributed by atoms with van der Waals surface area (Å²) in [6.45, 7) is 0. The summed E-state index contributed by atoms with van der Waals surface area (Å²) in [5, 5.41) is 7.27. The van der Waals surface area contributed by atoms with Crippen molar-refractivity contribution in [3.8, 4) is 27.9 Å². The molecule has 0 unspecified atom stereocenters. The molecule has 3 heterocycles. The SMILES string of the molecule is c1ccc(-n2c3ccccc3c3ccc(N(c4cccc(-c5cccc(-c6ccc7sc8ccccc8c7c6)c5)c4)c4cccc5c4oc4ccccc45)cc32)cc1. The number of benzene rings is 9. The molecule has 272 valence electrons. The molecule has 0 amide bonds. The van der Waals surface area contributed by atoms with Crippen LogP contribution in [0.1, 0.15) is 0 Å². The fourth-order valence-corrected chi connectivity index (χ4v) is 9.98. The number of hydrogen-bond donors (Lipinski definition) is 0. The standard InChI is InChI=1S/C54H34N2OS/c1-2-16-39(17-3-1)56-48-23-7-4-19-42(48)43-29-28-41(34-50(43)56)55(49-24-12-22-46-44-20-5-8-25-51(44)57-54(46)49)40-18-11-15-37(32-40)35-13-10-14-36(31-35)38-27-30-53-47(33-38)45-21-6-9-26-52(45)58-53/h1-34H. The first-order chi connectivity index (χ1) is 28.7. The van der Waals surface area contributed by atoms with E-state index in [9.17, 15) is 0 Å². The van der Waals surface area contributed by atoms with Gasteiger partial charge in [0.05, 0.1) is 16.7 Å². The molecule has 0 fully saturated rings. The Labute approximate surface area is 338 Å². The van der Waals surface area contributed by atoms with Crippen molar-refractivity contribution in [2.45, 2.75) is 0 Å². The first-order valence-corrected chi connectivity index (χ1v) is 20.5. The lowest BCUT2D eigenvalue weighted by molar-refractivity contribution is 0.669. The molecule has 0 N–H and O–H groups in total. The maximum Gasteiger partial charge on any atom is 0.159 e. The normalized spacial score (nSPS) is 11.8. The summed E-state index contributed by atoms with van der Waals surface area (Å²) in [5.41, 5.74) is 13.0. The molecule has 0 aliphatic rings. The largest absolute Gasteiger partial charge is 0.454 e. The number of furan rings is 1. The quantitative estimate of drug-likeness (QED) is 0.168. The van der Waals surface area contributed by atoms with Crippen molar-refractivity contribution in [3.63, 3.8) is 0 Å². The minimum atomic E-state index is 0.858. The fraction of sp³-hybridized carbons (Fsp3) is 0. The molecule has 0 saturated carbocycles. The van der Waals surface area contributed by atoms with Gasteiger partial charge in [-0.25, -0.2) is 0 Å². The molecule has 12 aromatic rings. The molecule has 0 radical (unpaired) electrons. The molecule has 9 aromatic carbocycles. The van der Waals surface area contributed by atoms with Gasteiger partial charge in [0.2, 0.25) is 0 Å². The van der Waals surface area contributed by atoms with Crippen LogP contribution in [0.25, 0.3) is 91.9 Å². The van der Waals surface area contributed by atoms with Gasteiger partial charge in [0.25, 0.3) is 0 Å². The highest BCUT2D eigenvalue weighted by Gasteiger charge is 2.22. The number of hydrogen-bond acceptors (Lipinski definition) is 3. The van der Waals surface area contributed by atoms with Gasteiger partial charge in [0.1, 0.15) is 5.58 Å². The molecular formula is C54H34N2OS. The third-order valence-electron chi connectivity index (χ3n) is 11.6. The Balaban J connectivity index is 1.05. The highest BCUT2D eigenvalue weighted by atomic mass is 32.1. The topological polar surface area (TPSA) is 21.3 Å². The number of aromatic nitrogens is 1. The average Bonchev–Trinajstić information content (AvgIpc) is 3.96. The van der Waals surface area contributed by atoms with Gasteiger partial charge in [-0.3, -0.25) is 0 Å². The van der Waals surface area contributed by atoms with Crippen LogP contribution in [0, 0.1) is 0 Å². The van der Waals surface area contributed by atoms with Crippen molar-refractivity contribution in [2.24, 2.45) is 0 Å². The van der Waals surface area contributed by atoms with Crippen LogP contribution in [-0.4, -0.2) is 4.57 Å². The maximum atomic E-state index is 6.72. The Morgan fingerprint density at radius 2 is 1.02 bits per heavy atom. The molecule has 3 aromatic heterocycles. The summed E-state index contributed by atoms with van der Waals surface area (Å²) in [6.07, 6.45) is 0. The van der Waals surface area contributed by atoms with E-state index in [0.29, 0.717) is 0 Å². The Hall–Kier alpha value is -7.40. The van der Waals surface area contributed by atoms with Crippen LogP contribution in [0.3, 0.4) is 0 Å². The fourth-order valence-electron chi connectivity index (χ4n) is 8.90. The van der Waals surface area contributed by atoms with E-state index < -0.39 is 0 Å². The third kappa shape index (κ3) is 5.19. The molecule has 3 nitrogen and oxygen atoms in total. The molecule has 0 aliphatic carbocycles. The average molecular weight is 759 g/mol. The van der Waals surface area contributed by atoms with Crippen molar-refractivity contribution in [3.05, 3.63) is 206 Å². The lowest BCUT2D eigenvalue weighted by Gasteiger charge is -2.26. The zero-order valence-electron chi connectivity index (χ0n) is 31.3. The molecular weight excluding hydrogens is 725 g/mol. The van der Waals surface area contributed by atoms with Gasteiger partial charge < -0.3 is 13.9 Å². The predicted octanol–water partition coefficient (Wildman–Crippen LogP) is 15.9. The second kappa shape index (κ2) is 13.1. The number of fused-ring (bicyclic) bond motifs is 9. The van der Waals surface area contributed by atoms with E-state index in [1.54, 1.807) is 0 Å². The second-order valence-corrected chi connectivity index (χ2v) is 16.0. The molecule has 0 atom stereocenters. The van der Waals surface area contributed by atoms with Crippen LogP contribution >= 0.6 is 11.3 Å². The number of nitrogens with zero attached hydrogens (tertiary/aromatic N) is 2. The zero-order chi connectivity index (χ0) is 38.2. The Bertz CT molecular complexity index is 3540. The molecule has 0 bridgehead atoms. The van der Waals surface area contributed by atoms with E-state index in [1.165, 1.54) is 47.6 Å². The zero-order valence-corrected chi connectivity index (χ0v) is 32.2. The van der Waals surface area contributed by atoms with Gasteiger partial charge >= 0.3 is 0 Å². The lowest BCUT2D eigenvalue weighted by atomic mass is 9.97. The van der Waals surface area contributed by atoms with Gasteiger partial charge in [-0.15, -0.1) is 11.3 Å². The van der Waals surface area contributed by atoms with Gasteiger partial charge in [-0.1, -0.05) is 127 Å². The summed E-state index contributed by atoms with van der Waals surface area (Å²) in [4.78, 5) is 2.36. The van der Waals surface area contributed by atoms with Crippen LogP contribution in [0.4, 0.5) is 17.1 Å². The van der Waals surface area contributed by atoms with Crippen molar-refractivity contribution in [1.82, 2.24) is 4.57 Å². The molecule has 0 spiro atoms. The summed E-state index contributed by atoms with van der Waals surface area (Å²) in [5.74, 6) is 0. The smallest absolute Gasteiger partial charge is 0.159 e. The number of para-hydroxylation sites is 4. The highest BCUT2D eigenvalue weighted by molar-refractivity contribution is 7.25. The van der Waals surface area contributed by atoms with Gasteiger partial charge in [-0.2, -0.15) is 0 Å². The van der Waals surface area contributed by atoms with E-state index in [4.69, 9.17) is 4.42 Å².